The zero-order valence-corrected chi connectivity index (χ0v) is 11.2. The van der Waals surface area contributed by atoms with Crippen molar-refractivity contribution in [2.24, 2.45) is 0 Å². The second kappa shape index (κ2) is 7.21. The number of carbonyl (C=O) groups excluding carboxylic acids is 1. The Morgan fingerprint density at radius 1 is 1.22 bits per heavy atom. The van der Waals surface area contributed by atoms with Gasteiger partial charge in [-0.25, -0.2) is 4.98 Å². The van der Waals surface area contributed by atoms with Crippen molar-refractivity contribution in [1.82, 2.24) is 10.3 Å². The number of halogens is 1. The maximum Gasteiger partial charge on any atom is 0.270 e. The molecule has 0 unspecified atom stereocenters. The van der Waals surface area contributed by atoms with Crippen LogP contribution in [0.5, 0.6) is 0 Å². The van der Waals surface area contributed by atoms with Crippen molar-refractivity contribution in [3.05, 3.63) is 23.9 Å². The highest BCUT2D eigenvalue weighted by molar-refractivity contribution is 5.92. The number of pyridine rings is 1. The summed E-state index contributed by atoms with van der Waals surface area (Å²) < 4.78 is 0. The topological polar surface area (TPSA) is 68.0 Å². The molecule has 1 fully saturated rings. The number of aromatic nitrogens is 1. The van der Waals surface area contributed by atoms with Gasteiger partial charge in [-0.15, -0.1) is 12.4 Å². The van der Waals surface area contributed by atoms with Crippen LogP contribution in [0, 0.1) is 0 Å². The lowest BCUT2D eigenvalue weighted by Crippen LogP contribution is -2.34. The smallest absolute Gasteiger partial charge is 0.270 e. The van der Waals surface area contributed by atoms with Gasteiger partial charge >= 0.3 is 0 Å². The molecule has 0 saturated heterocycles. The number of hydrogen-bond donors (Lipinski definition) is 2. The molecule has 1 aromatic rings. The lowest BCUT2D eigenvalue weighted by Gasteiger charge is -2.15. The predicted molar refractivity (Wildman–Crippen MR) is 74.9 cm³/mol. The highest BCUT2D eigenvalue weighted by Gasteiger charge is 2.16. The molecule has 1 aliphatic rings. The van der Waals surface area contributed by atoms with Crippen LogP contribution < -0.4 is 11.1 Å². The first-order chi connectivity index (χ1) is 8.25. The number of rotatable bonds is 2. The van der Waals surface area contributed by atoms with E-state index in [2.05, 4.69) is 10.3 Å². The van der Waals surface area contributed by atoms with Crippen LogP contribution in [0.4, 0.5) is 5.82 Å². The molecule has 0 spiro atoms. The van der Waals surface area contributed by atoms with E-state index in [0.717, 1.165) is 12.8 Å². The predicted octanol–water partition coefficient (Wildman–Crippen LogP) is 2.54. The van der Waals surface area contributed by atoms with E-state index in [1.807, 2.05) is 0 Å². The van der Waals surface area contributed by atoms with Gasteiger partial charge in [0.05, 0.1) is 0 Å². The van der Waals surface area contributed by atoms with Gasteiger partial charge in [0.1, 0.15) is 11.5 Å². The van der Waals surface area contributed by atoms with Crippen molar-refractivity contribution in [1.29, 1.82) is 0 Å². The summed E-state index contributed by atoms with van der Waals surface area (Å²) in [5, 5.41) is 3.05. The summed E-state index contributed by atoms with van der Waals surface area (Å²) >= 11 is 0. The van der Waals surface area contributed by atoms with Crippen molar-refractivity contribution in [2.45, 2.75) is 44.6 Å². The second-order valence-electron chi connectivity index (χ2n) is 4.61. The molecule has 100 valence electrons. The average Bonchev–Trinajstić information content (AvgIpc) is 2.57. The third kappa shape index (κ3) is 4.18. The van der Waals surface area contributed by atoms with Crippen molar-refractivity contribution < 1.29 is 4.79 Å². The van der Waals surface area contributed by atoms with E-state index in [1.165, 1.54) is 25.7 Å². The zero-order valence-electron chi connectivity index (χ0n) is 10.4. The molecule has 0 aromatic carbocycles. The second-order valence-corrected chi connectivity index (χ2v) is 4.61. The van der Waals surface area contributed by atoms with E-state index in [4.69, 9.17) is 5.73 Å². The van der Waals surface area contributed by atoms with Gasteiger partial charge in [0, 0.05) is 6.04 Å². The summed E-state index contributed by atoms with van der Waals surface area (Å²) in [6.45, 7) is 0. The van der Waals surface area contributed by atoms with Crippen LogP contribution >= 0.6 is 12.4 Å². The van der Waals surface area contributed by atoms with Crippen LogP contribution in [-0.4, -0.2) is 16.9 Å². The average molecular weight is 270 g/mol. The Morgan fingerprint density at radius 2 is 1.89 bits per heavy atom. The Bertz CT molecular complexity index is 390. The lowest BCUT2D eigenvalue weighted by atomic mass is 10.1. The summed E-state index contributed by atoms with van der Waals surface area (Å²) in [6, 6.07) is 5.43. The van der Waals surface area contributed by atoms with Crippen molar-refractivity contribution >= 4 is 24.1 Å². The van der Waals surface area contributed by atoms with Crippen molar-refractivity contribution in [3.8, 4) is 0 Å². The molecule has 0 radical (unpaired) electrons. The molecule has 1 aliphatic carbocycles. The van der Waals surface area contributed by atoms with Gasteiger partial charge in [-0.3, -0.25) is 4.79 Å². The summed E-state index contributed by atoms with van der Waals surface area (Å²) in [4.78, 5) is 16.0. The zero-order chi connectivity index (χ0) is 12.1. The minimum atomic E-state index is -0.107. The fourth-order valence-corrected chi connectivity index (χ4v) is 2.26. The SMILES string of the molecule is Cl.Nc1cccc(C(=O)NC2CCCCCC2)n1. The molecule has 0 aliphatic heterocycles. The normalized spacial score (nSPS) is 16.4. The maximum atomic E-state index is 11.9. The Kier molecular flexibility index (Phi) is 5.92. The molecule has 5 heteroatoms. The first-order valence-electron chi connectivity index (χ1n) is 6.29. The first-order valence-corrected chi connectivity index (χ1v) is 6.29. The van der Waals surface area contributed by atoms with E-state index in [9.17, 15) is 4.79 Å². The van der Waals surface area contributed by atoms with Crippen LogP contribution in [-0.2, 0) is 0 Å². The number of nitrogens with one attached hydrogen (secondary N) is 1. The summed E-state index contributed by atoms with van der Waals surface area (Å²) in [7, 11) is 0. The quantitative estimate of drug-likeness (QED) is 0.811. The van der Waals surface area contributed by atoms with Gasteiger partial charge in [0.25, 0.3) is 5.91 Å². The Balaban J connectivity index is 0.00000162. The standard InChI is InChI=1S/C13H19N3O.ClH/c14-12-9-5-8-11(16-12)13(17)15-10-6-3-1-2-4-7-10;/h5,8-10H,1-4,6-7H2,(H2,14,16)(H,15,17);1H. The van der Waals surface area contributed by atoms with E-state index in [1.54, 1.807) is 18.2 Å². The van der Waals surface area contributed by atoms with Crippen LogP contribution in [0.15, 0.2) is 18.2 Å². The number of nitrogens with zero attached hydrogens (tertiary/aromatic N) is 1. The van der Waals surface area contributed by atoms with E-state index >= 15 is 0 Å². The summed E-state index contributed by atoms with van der Waals surface area (Å²) in [5.41, 5.74) is 5.97. The summed E-state index contributed by atoms with van der Waals surface area (Å²) in [5.74, 6) is 0.280. The third-order valence-corrected chi connectivity index (χ3v) is 3.19. The van der Waals surface area contributed by atoms with Crippen LogP contribution in [0.25, 0.3) is 0 Å². The fraction of sp³-hybridized carbons (Fsp3) is 0.538. The maximum absolute atomic E-state index is 11.9. The van der Waals surface area contributed by atoms with Crippen LogP contribution in [0.2, 0.25) is 0 Å². The Labute approximate surface area is 114 Å². The van der Waals surface area contributed by atoms with Gasteiger partial charge in [-0.05, 0) is 25.0 Å². The third-order valence-electron chi connectivity index (χ3n) is 3.19. The van der Waals surface area contributed by atoms with Gasteiger partial charge < -0.3 is 11.1 Å². The molecule has 4 nitrogen and oxygen atoms in total. The van der Waals surface area contributed by atoms with Gasteiger partial charge in [-0.2, -0.15) is 0 Å². The molecule has 18 heavy (non-hydrogen) atoms. The van der Waals surface area contributed by atoms with Crippen molar-refractivity contribution in [3.63, 3.8) is 0 Å². The molecule has 2 rings (SSSR count). The minimum Gasteiger partial charge on any atom is -0.384 e. The van der Waals surface area contributed by atoms with E-state index in [0.29, 0.717) is 17.6 Å². The lowest BCUT2D eigenvalue weighted by molar-refractivity contribution is 0.0928. The minimum absolute atomic E-state index is 0. The van der Waals surface area contributed by atoms with Crippen molar-refractivity contribution in [2.75, 3.05) is 5.73 Å². The van der Waals surface area contributed by atoms with Gasteiger partial charge in [0.15, 0.2) is 0 Å². The Morgan fingerprint density at radius 3 is 2.50 bits per heavy atom. The number of amides is 1. The molecule has 0 atom stereocenters. The number of hydrogen-bond acceptors (Lipinski definition) is 3. The van der Waals surface area contributed by atoms with E-state index < -0.39 is 0 Å². The summed E-state index contributed by atoms with van der Waals surface area (Å²) in [6.07, 6.45) is 7.12. The molecule has 1 saturated carbocycles. The number of carbonyl (C=O) groups is 1. The number of nitrogens with two attached hydrogens (primary N) is 1. The molecule has 1 aromatic heterocycles. The number of nitrogen functional groups attached to an aromatic ring is 1. The fourth-order valence-electron chi connectivity index (χ4n) is 2.26. The molecule has 1 amide bonds. The highest BCUT2D eigenvalue weighted by Crippen LogP contribution is 2.17. The van der Waals surface area contributed by atoms with Crippen LogP contribution in [0.1, 0.15) is 49.0 Å². The van der Waals surface area contributed by atoms with E-state index in [-0.39, 0.29) is 18.3 Å². The molecule has 1 heterocycles. The number of anilines is 1. The highest BCUT2D eigenvalue weighted by atomic mass is 35.5. The Hall–Kier alpha value is -1.29. The van der Waals surface area contributed by atoms with Crippen LogP contribution in [0.3, 0.4) is 0 Å². The molecular formula is C13H20ClN3O. The van der Waals surface area contributed by atoms with Gasteiger partial charge in [-0.1, -0.05) is 31.7 Å². The molecule has 3 N–H and O–H groups in total. The molecule has 0 bridgehead atoms. The molecular weight excluding hydrogens is 250 g/mol. The largest absolute Gasteiger partial charge is 0.384 e. The monoisotopic (exact) mass is 269 g/mol. The van der Waals surface area contributed by atoms with Gasteiger partial charge in [0.2, 0.25) is 0 Å². The first kappa shape index (κ1) is 14.8.